The van der Waals surface area contributed by atoms with Gasteiger partial charge in [0.15, 0.2) is 0 Å². The first-order chi connectivity index (χ1) is 8.48. The van der Waals surface area contributed by atoms with Crippen molar-refractivity contribution in [2.45, 2.75) is 12.2 Å². The Balaban J connectivity index is 2.30. The lowest BCUT2D eigenvalue weighted by molar-refractivity contribution is -0.187. The summed E-state index contributed by atoms with van der Waals surface area (Å²) in [5.74, 6) is 0. The Morgan fingerprint density at radius 3 is 2.44 bits per heavy atom. The van der Waals surface area contributed by atoms with Gasteiger partial charge in [0.05, 0.1) is 0 Å². The second-order valence-electron chi connectivity index (χ2n) is 4.29. The van der Waals surface area contributed by atoms with Crippen LogP contribution in [0.2, 0.25) is 0 Å². The molecule has 0 amide bonds. The number of alkyl halides is 3. The van der Waals surface area contributed by atoms with Crippen molar-refractivity contribution >= 4 is 15.9 Å². The van der Waals surface area contributed by atoms with Gasteiger partial charge in [-0.05, 0) is 17.7 Å². The highest BCUT2D eigenvalue weighted by molar-refractivity contribution is 9.10. The molecule has 1 atom stereocenters. The molecule has 0 saturated carbocycles. The van der Waals surface area contributed by atoms with Crippen molar-refractivity contribution in [2.24, 2.45) is 0 Å². The third-order valence-electron chi connectivity index (χ3n) is 2.99. The van der Waals surface area contributed by atoms with E-state index >= 15 is 0 Å². The zero-order valence-corrected chi connectivity index (χ0v) is 11.3. The van der Waals surface area contributed by atoms with E-state index in [4.69, 9.17) is 0 Å². The third kappa shape index (κ3) is 3.24. The van der Waals surface area contributed by atoms with Gasteiger partial charge in [-0.1, -0.05) is 28.1 Å². The maximum absolute atomic E-state index is 13.2. The molecule has 0 aliphatic carbocycles. The number of halogens is 4. The minimum absolute atomic E-state index is 0.291. The quantitative estimate of drug-likeness (QED) is 0.900. The highest BCUT2D eigenvalue weighted by Gasteiger charge is 2.44. The van der Waals surface area contributed by atoms with Crippen LogP contribution in [0.1, 0.15) is 11.6 Å². The van der Waals surface area contributed by atoms with Crippen LogP contribution in [0.5, 0.6) is 0 Å². The lowest BCUT2D eigenvalue weighted by Gasteiger charge is -2.36. The topological polar surface area (TPSA) is 15.3 Å². The Morgan fingerprint density at radius 2 is 1.89 bits per heavy atom. The molecule has 1 saturated heterocycles. The molecule has 1 heterocycles. The molecular formula is C12H14BrF3N2. The molecule has 100 valence electrons. The monoisotopic (exact) mass is 322 g/mol. The van der Waals surface area contributed by atoms with Gasteiger partial charge in [0, 0.05) is 30.7 Å². The van der Waals surface area contributed by atoms with Crippen LogP contribution in [0.25, 0.3) is 0 Å². The van der Waals surface area contributed by atoms with Crippen LogP contribution >= 0.6 is 15.9 Å². The predicted molar refractivity (Wildman–Crippen MR) is 67.4 cm³/mol. The molecular weight excluding hydrogens is 309 g/mol. The van der Waals surface area contributed by atoms with Crippen LogP contribution < -0.4 is 5.32 Å². The van der Waals surface area contributed by atoms with Crippen LogP contribution in [0, 0.1) is 0 Å². The summed E-state index contributed by atoms with van der Waals surface area (Å²) >= 11 is 3.22. The Morgan fingerprint density at radius 1 is 1.22 bits per heavy atom. The second kappa shape index (κ2) is 5.59. The van der Waals surface area contributed by atoms with Crippen molar-refractivity contribution in [3.63, 3.8) is 0 Å². The minimum atomic E-state index is -4.25. The molecule has 2 nitrogen and oxygen atoms in total. The summed E-state index contributed by atoms with van der Waals surface area (Å²) < 4.78 is 40.4. The molecule has 18 heavy (non-hydrogen) atoms. The molecule has 0 spiro atoms. The van der Waals surface area contributed by atoms with E-state index in [2.05, 4.69) is 21.2 Å². The lowest BCUT2D eigenvalue weighted by Crippen LogP contribution is -2.49. The zero-order chi connectivity index (χ0) is 13.2. The first kappa shape index (κ1) is 13.8. The Kier molecular flexibility index (Phi) is 4.29. The average Bonchev–Trinajstić information content (AvgIpc) is 2.28. The van der Waals surface area contributed by atoms with Crippen molar-refractivity contribution in [3.05, 3.63) is 34.3 Å². The van der Waals surface area contributed by atoms with E-state index in [9.17, 15) is 13.2 Å². The van der Waals surface area contributed by atoms with Crippen molar-refractivity contribution in [3.8, 4) is 0 Å². The molecule has 1 aliphatic rings. The summed E-state index contributed by atoms with van der Waals surface area (Å²) in [5, 5.41) is 3.07. The minimum Gasteiger partial charge on any atom is -0.314 e. The number of piperazine rings is 1. The number of hydrogen-bond acceptors (Lipinski definition) is 2. The van der Waals surface area contributed by atoms with Crippen molar-refractivity contribution in [1.29, 1.82) is 0 Å². The van der Waals surface area contributed by atoms with Gasteiger partial charge in [-0.2, -0.15) is 13.2 Å². The van der Waals surface area contributed by atoms with Gasteiger partial charge in [0.25, 0.3) is 0 Å². The van der Waals surface area contributed by atoms with E-state index < -0.39 is 12.2 Å². The van der Waals surface area contributed by atoms with Crippen LogP contribution in [-0.2, 0) is 0 Å². The normalized spacial score (nSPS) is 19.8. The van der Waals surface area contributed by atoms with Crippen molar-refractivity contribution in [1.82, 2.24) is 10.2 Å². The second-order valence-corrected chi connectivity index (χ2v) is 5.20. The molecule has 0 aromatic heterocycles. The zero-order valence-electron chi connectivity index (χ0n) is 9.67. The molecule has 1 aliphatic heterocycles. The van der Waals surface area contributed by atoms with Crippen molar-refractivity contribution in [2.75, 3.05) is 26.2 Å². The summed E-state index contributed by atoms with van der Waals surface area (Å²) in [7, 11) is 0. The average molecular weight is 323 g/mol. The largest absolute Gasteiger partial charge is 0.408 e. The highest BCUT2D eigenvalue weighted by Crippen LogP contribution is 2.38. The van der Waals surface area contributed by atoms with Gasteiger partial charge in [0.2, 0.25) is 0 Å². The van der Waals surface area contributed by atoms with E-state index in [1.54, 1.807) is 18.2 Å². The lowest BCUT2D eigenvalue weighted by atomic mass is 10.0. The van der Waals surface area contributed by atoms with Gasteiger partial charge >= 0.3 is 6.18 Å². The number of nitrogens with one attached hydrogen (secondary N) is 1. The molecule has 0 bridgehead atoms. The molecule has 2 rings (SSSR count). The van der Waals surface area contributed by atoms with Crippen LogP contribution in [0.3, 0.4) is 0 Å². The highest BCUT2D eigenvalue weighted by atomic mass is 79.9. The first-order valence-corrected chi connectivity index (χ1v) is 6.55. The summed E-state index contributed by atoms with van der Waals surface area (Å²) in [6.07, 6.45) is -4.25. The fourth-order valence-corrected chi connectivity index (χ4v) is 2.64. The Labute approximate surface area is 112 Å². The van der Waals surface area contributed by atoms with E-state index in [0.29, 0.717) is 36.2 Å². The Bertz CT molecular complexity index is 403. The molecule has 0 unspecified atom stereocenters. The summed E-state index contributed by atoms with van der Waals surface area (Å²) in [6.45, 7) is 2.02. The molecule has 1 aromatic rings. The SMILES string of the molecule is FC(F)(F)[C@@H](c1cccc(Br)c1)N1CCNCC1. The predicted octanol–water partition coefficient (Wildman–Crippen LogP) is 2.96. The van der Waals surface area contributed by atoms with Gasteiger partial charge in [0.1, 0.15) is 6.04 Å². The summed E-state index contributed by atoms with van der Waals surface area (Å²) in [6, 6.07) is 4.93. The molecule has 6 heteroatoms. The van der Waals surface area contributed by atoms with Gasteiger partial charge in [-0.25, -0.2) is 0 Å². The van der Waals surface area contributed by atoms with Crippen molar-refractivity contribution < 1.29 is 13.2 Å². The molecule has 1 fully saturated rings. The van der Waals surface area contributed by atoms with E-state index in [-0.39, 0.29) is 0 Å². The van der Waals surface area contributed by atoms with E-state index in [1.165, 1.54) is 11.0 Å². The third-order valence-corrected chi connectivity index (χ3v) is 3.48. The van der Waals surface area contributed by atoms with Crippen LogP contribution in [0.15, 0.2) is 28.7 Å². The van der Waals surface area contributed by atoms with Crippen LogP contribution in [-0.4, -0.2) is 37.3 Å². The number of rotatable bonds is 2. The first-order valence-electron chi connectivity index (χ1n) is 5.75. The molecule has 0 radical (unpaired) electrons. The number of hydrogen-bond donors (Lipinski definition) is 1. The molecule has 1 aromatic carbocycles. The maximum atomic E-state index is 13.2. The summed E-state index contributed by atoms with van der Waals surface area (Å²) in [4.78, 5) is 1.48. The van der Waals surface area contributed by atoms with Crippen LogP contribution in [0.4, 0.5) is 13.2 Å². The van der Waals surface area contributed by atoms with E-state index in [0.717, 1.165) is 0 Å². The molecule has 1 N–H and O–H groups in total. The van der Waals surface area contributed by atoms with Gasteiger partial charge in [-0.15, -0.1) is 0 Å². The number of benzene rings is 1. The fraction of sp³-hybridized carbons (Fsp3) is 0.500. The van der Waals surface area contributed by atoms with Gasteiger partial charge < -0.3 is 5.32 Å². The van der Waals surface area contributed by atoms with Gasteiger partial charge in [-0.3, -0.25) is 4.90 Å². The number of nitrogens with zero attached hydrogens (tertiary/aromatic N) is 1. The Hall–Kier alpha value is -0.590. The van der Waals surface area contributed by atoms with E-state index in [1.807, 2.05) is 0 Å². The summed E-state index contributed by atoms with van der Waals surface area (Å²) in [5.41, 5.74) is 0.291. The standard InChI is InChI=1S/C12H14BrF3N2/c13-10-3-1-2-9(8-10)11(12(14,15)16)18-6-4-17-5-7-18/h1-3,8,11,17H,4-7H2/t11-/m1/s1. The maximum Gasteiger partial charge on any atom is 0.408 e. The fourth-order valence-electron chi connectivity index (χ4n) is 2.22. The smallest absolute Gasteiger partial charge is 0.314 e.